The molecule has 2 aromatic rings. The first kappa shape index (κ1) is 33.0. The number of benzene rings is 2. The van der Waals surface area contributed by atoms with Gasteiger partial charge in [-0.3, -0.25) is 10.1 Å². The first-order valence-electron chi connectivity index (χ1n) is 13.4. The maximum absolute atomic E-state index is 14.7. The van der Waals surface area contributed by atoms with Gasteiger partial charge in [0.2, 0.25) is 5.91 Å². The molecule has 1 aliphatic rings. The Balaban J connectivity index is 1.88. The SMILES string of the molecule is CC1CC(c2ccc(S(C)(=O)=O)cc2)=CC=C1[C@H](N[C@@H](CC(C)(C)F)C(=O)N[C@H](C#N)Cc1ccccc1)C(F)(F)F. The molecular formula is C31H35F4N3O3S. The molecule has 42 heavy (non-hydrogen) atoms. The molecule has 2 N–H and O–H groups in total. The van der Waals surface area contributed by atoms with Crippen molar-refractivity contribution in [3.8, 4) is 6.07 Å². The highest BCUT2D eigenvalue weighted by Crippen LogP contribution is 2.38. The van der Waals surface area contributed by atoms with Crippen LogP contribution in [0, 0.1) is 17.2 Å². The maximum Gasteiger partial charge on any atom is 0.407 e. The minimum absolute atomic E-state index is 0.0189. The van der Waals surface area contributed by atoms with Crippen molar-refractivity contribution in [1.29, 1.82) is 5.26 Å². The van der Waals surface area contributed by atoms with E-state index >= 15 is 0 Å². The highest BCUT2D eigenvalue weighted by molar-refractivity contribution is 7.90. The molecule has 0 bridgehead atoms. The number of hydrogen-bond acceptors (Lipinski definition) is 5. The number of carbonyl (C=O) groups is 1. The van der Waals surface area contributed by atoms with E-state index in [0.717, 1.165) is 17.4 Å². The van der Waals surface area contributed by atoms with Crippen molar-refractivity contribution in [2.24, 2.45) is 5.92 Å². The van der Waals surface area contributed by atoms with E-state index in [9.17, 15) is 36.0 Å². The number of rotatable bonds is 11. The summed E-state index contributed by atoms with van der Waals surface area (Å²) in [7, 11) is -3.40. The molecule has 0 saturated carbocycles. The topological polar surface area (TPSA) is 99.1 Å². The molecule has 2 aromatic carbocycles. The van der Waals surface area contributed by atoms with Gasteiger partial charge in [0.25, 0.3) is 0 Å². The average Bonchev–Trinajstić information content (AvgIpc) is 2.89. The van der Waals surface area contributed by atoms with Crippen molar-refractivity contribution in [2.75, 3.05) is 6.26 Å². The molecule has 0 radical (unpaired) electrons. The quantitative estimate of drug-likeness (QED) is 0.320. The van der Waals surface area contributed by atoms with Gasteiger partial charge in [-0.25, -0.2) is 12.8 Å². The lowest BCUT2D eigenvalue weighted by atomic mass is 9.81. The monoisotopic (exact) mass is 605 g/mol. The number of allylic oxidation sites excluding steroid dienone is 3. The largest absolute Gasteiger partial charge is 0.407 e. The van der Waals surface area contributed by atoms with E-state index in [-0.39, 0.29) is 23.3 Å². The smallest absolute Gasteiger partial charge is 0.339 e. The summed E-state index contributed by atoms with van der Waals surface area (Å²) in [5, 5.41) is 14.4. The highest BCUT2D eigenvalue weighted by atomic mass is 32.2. The predicted molar refractivity (Wildman–Crippen MR) is 154 cm³/mol. The standard InChI is InChI=1S/C31H35F4N3O3S/c1-20-16-23(22-10-13-25(14-11-22)42(4,40)41)12-15-26(20)28(31(33,34)35)38-27(18-30(2,3)32)29(39)37-24(19-36)17-21-8-6-5-7-9-21/h5-15,20,24,27-28,38H,16-18H2,1-4H3,(H,37,39)/t20?,24-,27-,28-/m0/s1. The third-order valence-electron chi connectivity index (χ3n) is 7.01. The Morgan fingerprint density at radius 2 is 1.67 bits per heavy atom. The summed E-state index contributed by atoms with van der Waals surface area (Å²) < 4.78 is 81.7. The third-order valence-corrected chi connectivity index (χ3v) is 8.14. The number of nitrogens with zero attached hydrogens (tertiary/aromatic N) is 1. The van der Waals surface area contributed by atoms with Gasteiger partial charge in [0, 0.05) is 19.1 Å². The van der Waals surface area contributed by atoms with Crippen molar-refractivity contribution < 1.29 is 30.8 Å². The minimum atomic E-state index is -4.81. The van der Waals surface area contributed by atoms with Gasteiger partial charge in [-0.05, 0) is 60.6 Å². The average molecular weight is 606 g/mol. The number of nitriles is 1. The fourth-order valence-corrected chi connectivity index (χ4v) is 5.56. The Morgan fingerprint density at radius 3 is 2.17 bits per heavy atom. The van der Waals surface area contributed by atoms with E-state index < -0.39 is 58.1 Å². The molecule has 0 aliphatic heterocycles. The number of halogens is 4. The molecule has 0 saturated heterocycles. The molecule has 0 aromatic heterocycles. The van der Waals surface area contributed by atoms with Crippen molar-refractivity contribution in [1.82, 2.24) is 10.6 Å². The minimum Gasteiger partial charge on any atom is -0.339 e. The second-order valence-corrected chi connectivity index (χ2v) is 13.3. The van der Waals surface area contributed by atoms with Gasteiger partial charge in [0.15, 0.2) is 9.84 Å². The van der Waals surface area contributed by atoms with Crippen molar-refractivity contribution in [2.45, 2.75) is 74.9 Å². The van der Waals surface area contributed by atoms with Gasteiger partial charge >= 0.3 is 6.18 Å². The molecule has 3 rings (SSSR count). The van der Waals surface area contributed by atoms with Crippen LogP contribution in [-0.4, -0.2) is 50.6 Å². The highest BCUT2D eigenvalue weighted by Gasteiger charge is 2.46. The summed E-state index contributed by atoms with van der Waals surface area (Å²) >= 11 is 0. The maximum atomic E-state index is 14.7. The van der Waals surface area contributed by atoms with Gasteiger partial charge in [-0.15, -0.1) is 0 Å². The third kappa shape index (κ3) is 9.26. The van der Waals surface area contributed by atoms with Gasteiger partial charge in [-0.1, -0.05) is 61.5 Å². The molecule has 0 spiro atoms. The fourth-order valence-electron chi connectivity index (χ4n) is 4.93. The van der Waals surface area contributed by atoms with Crippen LogP contribution in [0.3, 0.4) is 0 Å². The molecule has 1 aliphatic carbocycles. The first-order valence-corrected chi connectivity index (χ1v) is 15.3. The number of nitrogens with one attached hydrogen (secondary N) is 2. The van der Waals surface area contributed by atoms with Crippen LogP contribution in [0.25, 0.3) is 5.57 Å². The van der Waals surface area contributed by atoms with Gasteiger partial charge in [0.1, 0.15) is 17.8 Å². The Labute approximate surface area is 244 Å². The number of hydrogen-bond donors (Lipinski definition) is 2. The summed E-state index contributed by atoms with van der Waals surface area (Å²) in [6, 6.07) is 12.1. The van der Waals surface area contributed by atoms with E-state index in [0.29, 0.717) is 5.56 Å². The molecule has 226 valence electrons. The van der Waals surface area contributed by atoms with E-state index in [1.165, 1.54) is 32.1 Å². The summed E-state index contributed by atoms with van der Waals surface area (Å²) in [5.74, 6) is -1.51. The predicted octanol–water partition coefficient (Wildman–Crippen LogP) is 5.72. The summed E-state index contributed by atoms with van der Waals surface area (Å²) in [6.07, 6.45) is -1.00. The zero-order valence-corrected chi connectivity index (χ0v) is 24.7. The molecule has 0 fully saturated rings. The Hall–Kier alpha value is -3.49. The lowest BCUT2D eigenvalue weighted by molar-refractivity contribution is -0.152. The van der Waals surface area contributed by atoms with Crippen LogP contribution in [0.1, 0.15) is 44.7 Å². The molecule has 11 heteroatoms. The van der Waals surface area contributed by atoms with Gasteiger partial charge < -0.3 is 5.32 Å². The molecule has 6 nitrogen and oxygen atoms in total. The molecule has 0 heterocycles. The first-order chi connectivity index (χ1) is 19.5. The molecule has 4 atom stereocenters. The van der Waals surface area contributed by atoms with Crippen LogP contribution in [0.15, 0.2) is 77.2 Å². The van der Waals surface area contributed by atoms with Crippen molar-refractivity contribution in [3.63, 3.8) is 0 Å². The van der Waals surface area contributed by atoms with Crippen LogP contribution in [0.2, 0.25) is 0 Å². The van der Waals surface area contributed by atoms with Crippen LogP contribution in [0.5, 0.6) is 0 Å². The zero-order chi connectivity index (χ0) is 31.3. The van der Waals surface area contributed by atoms with Crippen LogP contribution < -0.4 is 10.6 Å². The lowest BCUT2D eigenvalue weighted by Gasteiger charge is -2.34. The summed E-state index contributed by atoms with van der Waals surface area (Å²) in [6.45, 7) is 3.98. The Kier molecular flexibility index (Phi) is 10.4. The molecular weight excluding hydrogens is 570 g/mol. The van der Waals surface area contributed by atoms with Crippen molar-refractivity contribution in [3.05, 3.63) is 83.4 Å². The Morgan fingerprint density at radius 1 is 1.05 bits per heavy atom. The number of sulfone groups is 1. The van der Waals surface area contributed by atoms with Gasteiger partial charge in [-0.2, -0.15) is 18.4 Å². The number of amides is 1. The van der Waals surface area contributed by atoms with Crippen LogP contribution in [-0.2, 0) is 21.1 Å². The summed E-state index contributed by atoms with van der Waals surface area (Å²) in [4.78, 5) is 13.3. The molecule has 1 unspecified atom stereocenters. The number of carbonyl (C=O) groups excluding carboxylic acids is 1. The van der Waals surface area contributed by atoms with E-state index in [4.69, 9.17) is 0 Å². The Bertz CT molecular complexity index is 1460. The van der Waals surface area contributed by atoms with E-state index in [1.54, 1.807) is 55.5 Å². The molecule has 1 amide bonds. The normalized spacial score (nSPS) is 18.2. The van der Waals surface area contributed by atoms with E-state index in [2.05, 4.69) is 10.6 Å². The fraction of sp³-hybridized carbons (Fsp3) is 0.419. The van der Waals surface area contributed by atoms with Crippen LogP contribution >= 0.6 is 0 Å². The lowest BCUT2D eigenvalue weighted by Crippen LogP contribution is -2.57. The van der Waals surface area contributed by atoms with Crippen molar-refractivity contribution >= 4 is 21.3 Å². The summed E-state index contributed by atoms with van der Waals surface area (Å²) in [5.41, 5.74) is 0.157. The second kappa shape index (κ2) is 13.2. The van der Waals surface area contributed by atoms with Gasteiger partial charge in [0.05, 0.1) is 17.0 Å². The van der Waals surface area contributed by atoms with E-state index in [1.807, 2.05) is 6.07 Å². The zero-order valence-electron chi connectivity index (χ0n) is 23.9. The second-order valence-electron chi connectivity index (χ2n) is 11.3. The van der Waals surface area contributed by atoms with Crippen LogP contribution in [0.4, 0.5) is 17.6 Å². The number of alkyl halides is 4.